The van der Waals surface area contributed by atoms with Crippen LogP contribution >= 0.6 is 23.2 Å². The zero-order valence-electron chi connectivity index (χ0n) is 11.4. The fourth-order valence-corrected chi connectivity index (χ4v) is 5.01. The van der Waals surface area contributed by atoms with Crippen molar-refractivity contribution in [1.29, 1.82) is 0 Å². The van der Waals surface area contributed by atoms with Gasteiger partial charge < -0.3 is 0 Å². The Morgan fingerprint density at radius 1 is 0.900 bits per heavy atom. The summed E-state index contributed by atoms with van der Waals surface area (Å²) in [5, 5.41) is 3.32. The Hall–Kier alpha value is -0.720. The molecular weight excluding hydrogens is 287 g/mol. The van der Waals surface area contributed by atoms with Crippen LogP contribution in [0, 0.1) is 17.8 Å². The number of fused-ring (bicyclic) bond motifs is 2. The van der Waals surface area contributed by atoms with Gasteiger partial charge in [-0.2, -0.15) is 0 Å². The highest BCUT2D eigenvalue weighted by Gasteiger charge is 2.54. The average Bonchev–Trinajstić information content (AvgIpc) is 3.22. The molecule has 20 heavy (non-hydrogen) atoms. The van der Waals surface area contributed by atoms with Crippen LogP contribution in [0.25, 0.3) is 10.8 Å². The van der Waals surface area contributed by atoms with Gasteiger partial charge in [0, 0.05) is 10.4 Å². The standard InChI is InChI=1S/C18H18Cl2/c19-16-10-9-15(11-5-1-2-6-12(11)16)18(20)17-13-7-3-4-8-14(13)17/h1-2,5-6,9-10,13-14,17-18H,3-4,7-8H2. The van der Waals surface area contributed by atoms with Gasteiger partial charge in [0.2, 0.25) is 0 Å². The Balaban J connectivity index is 1.73. The maximum absolute atomic E-state index is 6.87. The van der Waals surface area contributed by atoms with Gasteiger partial charge in [-0.25, -0.2) is 0 Å². The molecule has 3 unspecified atom stereocenters. The van der Waals surface area contributed by atoms with E-state index in [1.54, 1.807) is 0 Å². The van der Waals surface area contributed by atoms with Crippen LogP contribution in [0.4, 0.5) is 0 Å². The van der Waals surface area contributed by atoms with Crippen molar-refractivity contribution >= 4 is 34.0 Å². The van der Waals surface area contributed by atoms with Gasteiger partial charge in [-0.05, 0) is 47.6 Å². The Morgan fingerprint density at radius 2 is 1.55 bits per heavy atom. The predicted molar refractivity (Wildman–Crippen MR) is 86.5 cm³/mol. The molecule has 2 aromatic rings. The molecule has 2 fully saturated rings. The van der Waals surface area contributed by atoms with Gasteiger partial charge in [0.25, 0.3) is 0 Å². The fourth-order valence-electron chi connectivity index (χ4n) is 4.22. The second-order valence-electron chi connectivity index (χ2n) is 6.27. The number of halogens is 2. The first-order valence-electron chi connectivity index (χ1n) is 7.58. The lowest BCUT2D eigenvalue weighted by Gasteiger charge is -2.14. The summed E-state index contributed by atoms with van der Waals surface area (Å²) < 4.78 is 0. The molecule has 0 aromatic heterocycles. The first kappa shape index (κ1) is 13.0. The molecule has 0 radical (unpaired) electrons. The normalized spacial score (nSPS) is 30.0. The minimum absolute atomic E-state index is 0.144. The second-order valence-corrected chi connectivity index (χ2v) is 7.15. The zero-order valence-corrected chi connectivity index (χ0v) is 12.9. The predicted octanol–water partition coefficient (Wildman–Crippen LogP) is 6.21. The van der Waals surface area contributed by atoms with Crippen LogP contribution < -0.4 is 0 Å². The highest BCUT2D eigenvalue weighted by molar-refractivity contribution is 6.35. The monoisotopic (exact) mass is 304 g/mol. The summed E-state index contributed by atoms with van der Waals surface area (Å²) in [4.78, 5) is 0. The molecular formula is C18H18Cl2. The van der Waals surface area contributed by atoms with Gasteiger partial charge in [-0.3, -0.25) is 0 Å². The highest BCUT2D eigenvalue weighted by Crippen LogP contribution is 2.62. The number of hydrogen-bond donors (Lipinski definition) is 0. The molecule has 3 atom stereocenters. The van der Waals surface area contributed by atoms with Crippen LogP contribution in [0.3, 0.4) is 0 Å². The van der Waals surface area contributed by atoms with E-state index in [0.717, 1.165) is 22.2 Å². The molecule has 104 valence electrons. The smallest absolute Gasteiger partial charge is 0.0624 e. The molecule has 2 aliphatic rings. The quantitative estimate of drug-likeness (QED) is 0.579. The van der Waals surface area contributed by atoms with Crippen molar-refractivity contribution in [3.8, 4) is 0 Å². The molecule has 2 saturated carbocycles. The van der Waals surface area contributed by atoms with E-state index in [0.29, 0.717) is 5.92 Å². The van der Waals surface area contributed by atoms with E-state index in [-0.39, 0.29) is 5.38 Å². The molecule has 0 heterocycles. The van der Waals surface area contributed by atoms with Crippen molar-refractivity contribution in [2.24, 2.45) is 17.8 Å². The molecule has 4 rings (SSSR count). The Kier molecular flexibility index (Phi) is 3.20. The molecule has 2 heteroatoms. The summed E-state index contributed by atoms with van der Waals surface area (Å²) in [7, 11) is 0. The average molecular weight is 305 g/mol. The van der Waals surface area contributed by atoms with Crippen molar-refractivity contribution in [3.05, 3.63) is 47.0 Å². The summed E-state index contributed by atoms with van der Waals surface area (Å²) in [5.74, 6) is 2.44. The van der Waals surface area contributed by atoms with Crippen LogP contribution in [0.15, 0.2) is 36.4 Å². The van der Waals surface area contributed by atoms with Crippen LogP contribution in [0.1, 0.15) is 36.6 Å². The summed E-state index contributed by atoms with van der Waals surface area (Å²) in [6, 6.07) is 12.5. The van der Waals surface area contributed by atoms with E-state index in [1.165, 1.54) is 36.6 Å². The summed E-state index contributed by atoms with van der Waals surface area (Å²) >= 11 is 13.2. The van der Waals surface area contributed by atoms with Gasteiger partial charge in [-0.1, -0.05) is 54.8 Å². The highest BCUT2D eigenvalue weighted by atomic mass is 35.5. The summed E-state index contributed by atoms with van der Waals surface area (Å²) in [6.07, 6.45) is 5.54. The number of hydrogen-bond acceptors (Lipinski definition) is 0. The largest absolute Gasteiger partial charge is 0.117 e. The summed E-state index contributed by atoms with van der Waals surface area (Å²) in [6.45, 7) is 0. The van der Waals surface area contributed by atoms with Crippen molar-refractivity contribution in [3.63, 3.8) is 0 Å². The minimum Gasteiger partial charge on any atom is -0.117 e. The van der Waals surface area contributed by atoms with Gasteiger partial charge in [0.15, 0.2) is 0 Å². The molecule has 0 amide bonds. The van der Waals surface area contributed by atoms with Crippen LogP contribution in [0.2, 0.25) is 5.02 Å². The number of benzene rings is 2. The molecule has 0 spiro atoms. The molecule has 2 aliphatic carbocycles. The summed E-state index contributed by atoms with van der Waals surface area (Å²) in [5.41, 5.74) is 1.27. The van der Waals surface area contributed by atoms with Crippen molar-refractivity contribution in [1.82, 2.24) is 0 Å². The Bertz CT molecular complexity index is 637. The van der Waals surface area contributed by atoms with Gasteiger partial charge in [0.05, 0.1) is 5.38 Å². The molecule has 0 N–H and O–H groups in total. The van der Waals surface area contributed by atoms with Crippen LogP contribution in [-0.4, -0.2) is 0 Å². The third-order valence-electron chi connectivity index (χ3n) is 5.26. The van der Waals surface area contributed by atoms with E-state index in [2.05, 4.69) is 24.3 Å². The lowest BCUT2D eigenvalue weighted by Crippen LogP contribution is -1.97. The molecule has 0 aliphatic heterocycles. The second kappa shape index (κ2) is 4.93. The Morgan fingerprint density at radius 3 is 2.25 bits per heavy atom. The van der Waals surface area contributed by atoms with E-state index < -0.39 is 0 Å². The first-order valence-corrected chi connectivity index (χ1v) is 8.40. The molecule has 0 bridgehead atoms. The van der Waals surface area contributed by atoms with E-state index in [1.807, 2.05) is 12.1 Å². The van der Waals surface area contributed by atoms with Gasteiger partial charge in [-0.15, -0.1) is 11.6 Å². The third-order valence-corrected chi connectivity index (χ3v) is 6.12. The van der Waals surface area contributed by atoms with E-state index >= 15 is 0 Å². The number of alkyl halides is 1. The lowest BCUT2D eigenvalue weighted by atomic mass is 9.98. The SMILES string of the molecule is Clc1ccc(C(Cl)C2C3CCCCC32)c2ccccc12. The van der Waals surface area contributed by atoms with Crippen LogP contribution in [0.5, 0.6) is 0 Å². The van der Waals surface area contributed by atoms with Crippen molar-refractivity contribution < 1.29 is 0 Å². The minimum atomic E-state index is 0.144. The van der Waals surface area contributed by atoms with E-state index in [9.17, 15) is 0 Å². The number of rotatable bonds is 2. The zero-order chi connectivity index (χ0) is 13.7. The maximum Gasteiger partial charge on any atom is 0.0624 e. The maximum atomic E-state index is 6.87. The molecule has 0 nitrogen and oxygen atoms in total. The first-order chi connectivity index (χ1) is 9.77. The van der Waals surface area contributed by atoms with Gasteiger partial charge in [0.1, 0.15) is 0 Å². The van der Waals surface area contributed by atoms with E-state index in [4.69, 9.17) is 23.2 Å². The lowest BCUT2D eigenvalue weighted by molar-refractivity contribution is 0.480. The van der Waals surface area contributed by atoms with Crippen molar-refractivity contribution in [2.45, 2.75) is 31.1 Å². The third kappa shape index (κ3) is 1.96. The topological polar surface area (TPSA) is 0 Å². The molecule has 2 aromatic carbocycles. The Labute approximate surface area is 130 Å². The van der Waals surface area contributed by atoms with Crippen molar-refractivity contribution in [2.75, 3.05) is 0 Å². The van der Waals surface area contributed by atoms with Gasteiger partial charge >= 0.3 is 0 Å². The fraction of sp³-hybridized carbons (Fsp3) is 0.444. The van der Waals surface area contributed by atoms with Crippen LogP contribution in [-0.2, 0) is 0 Å². The molecule has 0 saturated heterocycles.